The summed E-state index contributed by atoms with van der Waals surface area (Å²) in [6.07, 6.45) is 0.880. The fourth-order valence-corrected chi connectivity index (χ4v) is 2.94. The second-order valence-electron chi connectivity index (χ2n) is 5.05. The van der Waals surface area contributed by atoms with Crippen LogP contribution in [0.1, 0.15) is 22.6 Å². The number of aryl methyl sites for hydroxylation is 1. The highest BCUT2D eigenvalue weighted by atomic mass is 35.5. The van der Waals surface area contributed by atoms with Gasteiger partial charge in [-0.05, 0) is 55.3 Å². The van der Waals surface area contributed by atoms with Gasteiger partial charge < -0.3 is 5.32 Å². The molecule has 0 saturated carbocycles. The van der Waals surface area contributed by atoms with Crippen molar-refractivity contribution in [3.05, 3.63) is 69.2 Å². The van der Waals surface area contributed by atoms with Gasteiger partial charge in [0.15, 0.2) is 0 Å². The normalized spacial score (nSPS) is 12.4. The third-order valence-electron chi connectivity index (χ3n) is 3.55. The minimum Gasteiger partial charge on any atom is -0.319 e. The van der Waals surface area contributed by atoms with Crippen LogP contribution < -0.4 is 5.32 Å². The van der Waals surface area contributed by atoms with Gasteiger partial charge in [0.25, 0.3) is 0 Å². The first-order valence-electron chi connectivity index (χ1n) is 6.76. The molecular weight excluding hydrogens is 289 g/mol. The number of hydrogen-bond acceptors (Lipinski definition) is 1. The average molecular weight is 308 g/mol. The van der Waals surface area contributed by atoms with Gasteiger partial charge in [0.2, 0.25) is 0 Å². The van der Waals surface area contributed by atoms with Gasteiger partial charge >= 0.3 is 0 Å². The van der Waals surface area contributed by atoms with Crippen LogP contribution in [-0.4, -0.2) is 13.6 Å². The molecular formula is C17H19Cl2N. The lowest BCUT2D eigenvalue weighted by Crippen LogP contribution is -2.20. The molecule has 0 saturated heterocycles. The van der Waals surface area contributed by atoms with E-state index in [2.05, 4.69) is 36.5 Å². The van der Waals surface area contributed by atoms with E-state index in [4.69, 9.17) is 23.2 Å². The first-order chi connectivity index (χ1) is 9.61. The molecule has 0 aliphatic carbocycles. The fraction of sp³-hybridized carbons (Fsp3) is 0.294. The summed E-state index contributed by atoms with van der Waals surface area (Å²) in [4.78, 5) is 0. The van der Waals surface area contributed by atoms with Crippen molar-refractivity contribution in [1.82, 2.24) is 5.32 Å². The molecule has 0 fully saturated rings. The molecule has 1 N–H and O–H groups in total. The Hall–Kier alpha value is -1.02. The maximum Gasteiger partial charge on any atom is 0.0439 e. The summed E-state index contributed by atoms with van der Waals surface area (Å²) in [5.74, 6) is 0.386. The van der Waals surface area contributed by atoms with Crippen LogP contribution in [0.25, 0.3) is 0 Å². The van der Waals surface area contributed by atoms with Crippen LogP contribution in [0.15, 0.2) is 42.5 Å². The van der Waals surface area contributed by atoms with Gasteiger partial charge in [0, 0.05) is 22.5 Å². The molecule has 20 heavy (non-hydrogen) atoms. The number of hydrogen-bond donors (Lipinski definition) is 1. The smallest absolute Gasteiger partial charge is 0.0439 e. The molecule has 0 bridgehead atoms. The molecule has 1 unspecified atom stereocenters. The van der Waals surface area contributed by atoms with Crippen molar-refractivity contribution >= 4 is 23.2 Å². The molecule has 0 aliphatic heterocycles. The number of rotatable bonds is 5. The first kappa shape index (κ1) is 15.4. The minimum atomic E-state index is 0.386. The molecule has 3 heteroatoms. The Morgan fingerprint density at radius 3 is 2.55 bits per heavy atom. The highest BCUT2D eigenvalue weighted by Crippen LogP contribution is 2.28. The van der Waals surface area contributed by atoms with E-state index in [-0.39, 0.29) is 0 Å². The summed E-state index contributed by atoms with van der Waals surface area (Å²) in [7, 11) is 1.98. The molecule has 0 heterocycles. The molecule has 1 atom stereocenters. The van der Waals surface area contributed by atoms with Crippen molar-refractivity contribution in [2.24, 2.45) is 0 Å². The first-order valence-corrected chi connectivity index (χ1v) is 7.51. The van der Waals surface area contributed by atoms with Gasteiger partial charge in [-0.1, -0.05) is 47.5 Å². The van der Waals surface area contributed by atoms with Gasteiger partial charge in [-0.2, -0.15) is 0 Å². The summed E-state index contributed by atoms with van der Waals surface area (Å²) in [5.41, 5.74) is 3.77. The van der Waals surface area contributed by atoms with E-state index in [1.165, 1.54) is 11.1 Å². The lowest BCUT2D eigenvalue weighted by atomic mass is 9.89. The summed E-state index contributed by atoms with van der Waals surface area (Å²) < 4.78 is 0. The Balaban J connectivity index is 2.30. The van der Waals surface area contributed by atoms with Crippen molar-refractivity contribution in [3.63, 3.8) is 0 Å². The van der Waals surface area contributed by atoms with Crippen molar-refractivity contribution in [2.75, 3.05) is 13.6 Å². The zero-order valence-electron chi connectivity index (χ0n) is 11.8. The maximum atomic E-state index is 6.29. The van der Waals surface area contributed by atoms with Crippen molar-refractivity contribution in [1.29, 1.82) is 0 Å². The maximum absolute atomic E-state index is 6.29. The predicted molar refractivity (Wildman–Crippen MR) is 88.0 cm³/mol. The number of benzene rings is 2. The second kappa shape index (κ2) is 7.12. The van der Waals surface area contributed by atoms with E-state index < -0.39 is 0 Å². The Morgan fingerprint density at radius 2 is 1.85 bits per heavy atom. The minimum absolute atomic E-state index is 0.386. The standard InChI is InChI=1S/C17H19Cl2N/c1-12-5-3-4-6-16(12)14(11-20-2)9-13-10-15(18)7-8-17(13)19/h3-8,10,14,20H,9,11H2,1-2H3. The topological polar surface area (TPSA) is 12.0 Å². The van der Waals surface area contributed by atoms with Crippen molar-refractivity contribution < 1.29 is 0 Å². The lowest BCUT2D eigenvalue weighted by Gasteiger charge is -2.20. The van der Waals surface area contributed by atoms with Gasteiger partial charge in [-0.15, -0.1) is 0 Å². The van der Waals surface area contributed by atoms with Crippen molar-refractivity contribution in [2.45, 2.75) is 19.3 Å². The fourth-order valence-electron chi connectivity index (χ4n) is 2.55. The van der Waals surface area contributed by atoms with Crippen molar-refractivity contribution in [3.8, 4) is 0 Å². The zero-order chi connectivity index (χ0) is 14.5. The molecule has 0 spiro atoms. The highest BCUT2D eigenvalue weighted by Gasteiger charge is 2.15. The second-order valence-corrected chi connectivity index (χ2v) is 5.89. The Bertz CT molecular complexity index is 581. The summed E-state index contributed by atoms with van der Waals surface area (Å²) in [5, 5.41) is 4.79. The van der Waals surface area contributed by atoms with E-state index in [0.717, 1.165) is 28.6 Å². The predicted octanol–water partition coefficient (Wildman–Crippen LogP) is 4.85. The van der Waals surface area contributed by atoms with E-state index in [9.17, 15) is 0 Å². The molecule has 106 valence electrons. The Kier molecular flexibility index (Phi) is 5.47. The summed E-state index contributed by atoms with van der Waals surface area (Å²) in [6.45, 7) is 3.06. The lowest BCUT2D eigenvalue weighted by molar-refractivity contribution is 0.623. The third-order valence-corrected chi connectivity index (χ3v) is 4.16. The monoisotopic (exact) mass is 307 g/mol. The number of halogens is 2. The molecule has 0 aliphatic rings. The largest absolute Gasteiger partial charge is 0.319 e. The van der Waals surface area contributed by atoms with Gasteiger partial charge in [0.05, 0.1) is 0 Å². The molecule has 2 aromatic carbocycles. The van der Waals surface area contributed by atoms with Crippen LogP contribution in [0.5, 0.6) is 0 Å². The molecule has 0 amide bonds. The molecule has 1 nitrogen and oxygen atoms in total. The van der Waals surface area contributed by atoms with E-state index in [1.807, 2.05) is 25.2 Å². The molecule has 2 aromatic rings. The summed E-state index contributed by atoms with van der Waals surface area (Å²) in [6, 6.07) is 14.2. The average Bonchev–Trinajstić information content (AvgIpc) is 2.43. The molecule has 2 rings (SSSR count). The van der Waals surface area contributed by atoms with Crippen LogP contribution in [0.4, 0.5) is 0 Å². The van der Waals surface area contributed by atoms with Crippen LogP contribution in [-0.2, 0) is 6.42 Å². The number of nitrogens with one attached hydrogen (secondary N) is 1. The molecule has 0 radical (unpaired) electrons. The van der Waals surface area contributed by atoms with E-state index in [0.29, 0.717) is 5.92 Å². The highest BCUT2D eigenvalue weighted by molar-refractivity contribution is 6.33. The van der Waals surface area contributed by atoms with Crippen LogP contribution in [0.2, 0.25) is 10.0 Å². The van der Waals surface area contributed by atoms with Crippen LogP contribution in [0, 0.1) is 6.92 Å². The SMILES string of the molecule is CNCC(Cc1cc(Cl)ccc1Cl)c1ccccc1C. The van der Waals surface area contributed by atoms with E-state index in [1.54, 1.807) is 0 Å². The van der Waals surface area contributed by atoms with E-state index >= 15 is 0 Å². The summed E-state index contributed by atoms with van der Waals surface area (Å²) >= 11 is 12.4. The van der Waals surface area contributed by atoms with Crippen LogP contribution >= 0.6 is 23.2 Å². The Morgan fingerprint density at radius 1 is 1.10 bits per heavy atom. The molecule has 0 aromatic heterocycles. The Labute approximate surface area is 130 Å². The van der Waals surface area contributed by atoms with Crippen LogP contribution in [0.3, 0.4) is 0 Å². The number of likely N-dealkylation sites (N-methyl/N-ethyl adjacent to an activating group) is 1. The third kappa shape index (κ3) is 3.76. The van der Waals surface area contributed by atoms with Gasteiger partial charge in [0.1, 0.15) is 0 Å². The zero-order valence-corrected chi connectivity index (χ0v) is 13.3. The quantitative estimate of drug-likeness (QED) is 0.833. The van der Waals surface area contributed by atoms with Gasteiger partial charge in [-0.3, -0.25) is 0 Å². The van der Waals surface area contributed by atoms with Gasteiger partial charge in [-0.25, -0.2) is 0 Å².